The highest BCUT2D eigenvalue weighted by atomic mass is 32.2. The Morgan fingerprint density at radius 2 is 1.86 bits per heavy atom. The summed E-state index contributed by atoms with van der Waals surface area (Å²) >= 11 is 2.86. The Balaban J connectivity index is 2.05. The molecule has 1 amide bonds. The molecule has 22 heavy (non-hydrogen) atoms. The summed E-state index contributed by atoms with van der Waals surface area (Å²) in [5, 5.41) is 14.5. The maximum atomic E-state index is 12.4. The molecule has 118 valence electrons. The average Bonchev–Trinajstić information content (AvgIpc) is 2.90. The topological polar surface area (TPSA) is 66.9 Å². The van der Waals surface area contributed by atoms with Crippen LogP contribution in [0.4, 0.5) is 10.8 Å². The molecule has 0 spiro atoms. The molecule has 2 aromatic rings. The predicted octanol–water partition coefficient (Wildman–Crippen LogP) is 3.62. The molecule has 0 saturated carbocycles. The summed E-state index contributed by atoms with van der Waals surface area (Å²) in [4.78, 5) is 12.4. The van der Waals surface area contributed by atoms with Crippen LogP contribution in [0.15, 0.2) is 16.5 Å². The summed E-state index contributed by atoms with van der Waals surface area (Å²) in [7, 11) is 1.80. The van der Waals surface area contributed by atoms with Crippen molar-refractivity contribution in [3.05, 3.63) is 28.8 Å². The van der Waals surface area contributed by atoms with Crippen LogP contribution in [0.5, 0.6) is 0 Å². The number of benzene rings is 1. The minimum Gasteiger partial charge on any atom is -0.363 e. The highest BCUT2D eigenvalue weighted by Gasteiger charge is 2.18. The van der Waals surface area contributed by atoms with Gasteiger partial charge in [0.05, 0.1) is 5.25 Å². The van der Waals surface area contributed by atoms with Crippen molar-refractivity contribution in [1.29, 1.82) is 0 Å². The lowest BCUT2D eigenvalue weighted by Gasteiger charge is -2.15. The van der Waals surface area contributed by atoms with Gasteiger partial charge < -0.3 is 10.6 Å². The molecule has 1 atom stereocenters. The van der Waals surface area contributed by atoms with E-state index in [4.69, 9.17) is 0 Å². The number of nitrogens with zero attached hydrogens (tertiary/aromatic N) is 2. The first-order valence-electron chi connectivity index (χ1n) is 6.97. The largest absolute Gasteiger partial charge is 0.363 e. The summed E-state index contributed by atoms with van der Waals surface area (Å²) < 4.78 is 0.782. The number of anilines is 2. The Morgan fingerprint density at radius 1 is 1.23 bits per heavy atom. The van der Waals surface area contributed by atoms with Crippen LogP contribution in [-0.4, -0.2) is 28.4 Å². The number of aromatic nitrogens is 2. The van der Waals surface area contributed by atoms with E-state index in [1.807, 2.05) is 20.8 Å². The van der Waals surface area contributed by atoms with E-state index in [-0.39, 0.29) is 11.2 Å². The molecule has 0 aliphatic heterocycles. The Labute approximate surface area is 138 Å². The van der Waals surface area contributed by atoms with Gasteiger partial charge in [-0.15, -0.1) is 10.2 Å². The van der Waals surface area contributed by atoms with Gasteiger partial charge in [-0.2, -0.15) is 0 Å². The van der Waals surface area contributed by atoms with Crippen LogP contribution in [-0.2, 0) is 4.79 Å². The van der Waals surface area contributed by atoms with Crippen LogP contribution in [0.3, 0.4) is 0 Å². The smallest absolute Gasteiger partial charge is 0.237 e. The first kappa shape index (κ1) is 16.8. The number of carbonyl (C=O) groups excluding carboxylic acids is 1. The standard InChI is InChI=1S/C15H20N4OS2/c1-8-6-9(2)12(10(3)7-8)17-13(20)11(4)21-15-19-18-14(16-5)22-15/h6-7,11H,1-5H3,(H,16,18)(H,17,20)/t11-/m1/s1. The third-order valence-corrected chi connectivity index (χ3v) is 5.32. The molecule has 0 fully saturated rings. The van der Waals surface area contributed by atoms with Gasteiger partial charge in [-0.1, -0.05) is 40.8 Å². The fourth-order valence-electron chi connectivity index (χ4n) is 2.17. The molecule has 0 bridgehead atoms. The average molecular weight is 336 g/mol. The Hall–Kier alpha value is -1.60. The number of carbonyl (C=O) groups is 1. The minimum absolute atomic E-state index is 0.0266. The molecule has 1 aromatic heterocycles. The number of nitrogens with one attached hydrogen (secondary N) is 2. The molecular weight excluding hydrogens is 316 g/mol. The molecule has 5 nitrogen and oxygen atoms in total. The molecule has 2 rings (SSSR count). The maximum absolute atomic E-state index is 12.4. The number of aryl methyl sites for hydroxylation is 3. The van der Waals surface area contributed by atoms with Gasteiger partial charge in [-0.3, -0.25) is 4.79 Å². The van der Waals surface area contributed by atoms with Gasteiger partial charge >= 0.3 is 0 Å². The van der Waals surface area contributed by atoms with E-state index in [9.17, 15) is 4.79 Å². The number of amides is 1. The Bertz CT molecular complexity index is 661. The normalized spacial score (nSPS) is 12.0. The second kappa shape index (κ2) is 7.11. The summed E-state index contributed by atoms with van der Waals surface area (Å²) in [6.45, 7) is 7.95. The van der Waals surface area contributed by atoms with Crippen molar-refractivity contribution >= 4 is 39.8 Å². The van der Waals surface area contributed by atoms with Crippen molar-refractivity contribution in [2.75, 3.05) is 17.7 Å². The molecule has 0 unspecified atom stereocenters. The number of hydrogen-bond acceptors (Lipinski definition) is 6. The molecule has 0 saturated heterocycles. The van der Waals surface area contributed by atoms with Crippen LogP contribution in [0.1, 0.15) is 23.6 Å². The van der Waals surface area contributed by atoms with Crippen molar-refractivity contribution in [2.45, 2.75) is 37.3 Å². The maximum Gasteiger partial charge on any atom is 0.237 e. The zero-order chi connectivity index (χ0) is 16.3. The number of rotatable bonds is 5. The molecule has 0 aliphatic carbocycles. The molecular formula is C15H20N4OS2. The van der Waals surface area contributed by atoms with Gasteiger partial charge in [0.15, 0.2) is 4.34 Å². The van der Waals surface area contributed by atoms with E-state index >= 15 is 0 Å². The van der Waals surface area contributed by atoms with Gasteiger partial charge in [0.1, 0.15) is 0 Å². The highest BCUT2D eigenvalue weighted by Crippen LogP contribution is 2.30. The molecule has 0 aliphatic rings. The van der Waals surface area contributed by atoms with Crippen LogP contribution in [0.25, 0.3) is 0 Å². The molecule has 7 heteroatoms. The van der Waals surface area contributed by atoms with Crippen LogP contribution >= 0.6 is 23.1 Å². The van der Waals surface area contributed by atoms with Crippen molar-refractivity contribution in [3.63, 3.8) is 0 Å². The van der Waals surface area contributed by atoms with Gasteiger partial charge in [0.25, 0.3) is 0 Å². The van der Waals surface area contributed by atoms with Crippen molar-refractivity contribution in [1.82, 2.24) is 10.2 Å². The summed E-state index contributed by atoms with van der Waals surface area (Å²) in [6.07, 6.45) is 0. The first-order valence-corrected chi connectivity index (χ1v) is 8.67. The van der Waals surface area contributed by atoms with E-state index in [0.717, 1.165) is 26.3 Å². The van der Waals surface area contributed by atoms with Crippen molar-refractivity contribution < 1.29 is 4.79 Å². The summed E-state index contributed by atoms with van der Waals surface area (Å²) in [6, 6.07) is 4.15. The highest BCUT2D eigenvalue weighted by molar-refractivity contribution is 8.02. The van der Waals surface area contributed by atoms with Crippen molar-refractivity contribution in [2.24, 2.45) is 0 Å². The zero-order valence-electron chi connectivity index (χ0n) is 13.4. The summed E-state index contributed by atoms with van der Waals surface area (Å²) in [5.41, 5.74) is 4.26. The zero-order valence-corrected chi connectivity index (χ0v) is 15.0. The quantitative estimate of drug-likeness (QED) is 0.816. The van der Waals surface area contributed by atoms with Gasteiger partial charge in [0.2, 0.25) is 11.0 Å². The first-order chi connectivity index (χ1) is 10.4. The Morgan fingerprint density at radius 3 is 2.41 bits per heavy atom. The molecule has 2 N–H and O–H groups in total. The molecule has 0 radical (unpaired) electrons. The molecule has 1 heterocycles. The summed E-state index contributed by atoms with van der Waals surface area (Å²) in [5.74, 6) is -0.0266. The number of hydrogen-bond donors (Lipinski definition) is 2. The Kier molecular flexibility index (Phi) is 5.42. The second-order valence-corrected chi connectivity index (χ2v) is 7.71. The van der Waals surface area contributed by atoms with E-state index in [1.165, 1.54) is 28.7 Å². The lowest BCUT2D eigenvalue weighted by molar-refractivity contribution is -0.115. The second-order valence-electron chi connectivity index (χ2n) is 5.15. The van der Waals surface area contributed by atoms with Crippen LogP contribution in [0, 0.1) is 20.8 Å². The van der Waals surface area contributed by atoms with Gasteiger partial charge in [-0.25, -0.2) is 0 Å². The number of thioether (sulfide) groups is 1. The fraction of sp³-hybridized carbons (Fsp3) is 0.400. The fourth-order valence-corrected chi connectivity index (χ4v) is 4.01. The van der Waals surface area contributed by atoms with Crippen LogP contribution < -0.4 is 10.6 Å². The van der Waals surface area contributed by atoms with Crippen molar-refractivity contribution in [3.8, 4) is 0 Å². The minimum atomic E-state index is -0.238. The van der Waals surface area contributed by atoms with E-state index in [1.54, 1.807) is 7.05 Å². The lowest BCUT2D eigenvalue weighted by Crippen LogP contribution is -2.23. The van der Waals surface area contributed by atoms with E-state index < -0.39 is 0 Å². The third-order valence-electron chi connectivity index (χ3n) is 3.19. The SMILES string of the molecule is CNc1nnc(S[C@H](C)C(=O)Nc2c(C)cc(C)cc2C)s1. The molecule has 1 aromatic carbocycles. The monoisotopic (exact) mass is 336 g/mol. The van der Waals surface area contributed by atoms with Crippen LogP contribution in [0.2, 0.25) is 0 Å². The predicted molar refractivity (Wildman–Crippen MR) is 94.1 cm³/mol. The van der Waals surface area contributed by atoms with E-state index in [0.29, 0.717) is 0 Å². The third kappa shape index (κ3) is 3.98. The van der Waals surface area contributed by atoms with Gasteiger partial charge in [-0.05, 0) is 38.8 Å². The van der Waals surface area contributed by atoms with Gasteiger partial charge in [0, 0.05) is 12.7 Å². The lowest BCUT2D eigenvalue weighted by atomic mass is 10.1. The van der Waals surface area contributed by atoms with E-state index in [2.05, 4.69) is 39.9 Å².